The summed E-state index contributed by atoms with van der Waals surface area (Å²) in [6.07, 6.45) is 5.54. The molecule has 0 aliphatic carbocycles. The van der Waals surface area contributed by atoms with Gasteiger partial charge in [0.2, 0.25) is 11.8 Å². The van der Waals surface area contributed by atoms with Gasteiger partial charge >= 0.3 is 0 Å². The topological polar surface area (TPSA) is 103 Å². The first-order valence-corrected chi connectivity index (χ1v) is 16.3. The van der Waals surface area contributed by atoms with Gasteiger partial charge in [0.15, 0.2) is 0 Å². The summed E-state index contributed by atoms with van der Waals surface area (Å²) in [6, 6.07) is 43.8. The van der Waals surface area contributed by atoms with E-state index in [1.54, 1.807) is 11.7 Å². The number of amides is 2. The molecular weight excluding hydrogens is 596 g/mol. The molecule has 6 rings (SSSR count). The van der Waals surface area contributed by atoms with Gasteiger partial charge in [-0.1, -0.05) is 104 Å². The van der Waals surface area contributed by atoms with Crippen molar-refractivity contribution in [3.05, 3.63) is 134 Å². The second kappa shape index (κ2) is 15.7. The van der Waals surface area contributed by atoms with Crippen LogP contribution in [0.5, 0.6) is 0 Å². The van der Waals surface area contributed by atoms with Gasteiger partial charge in [-0.15, -0.1) is 0 Å². The summed E-state index contributed by atoms with van der Waals surface area (Å²) >= 11 is 0. The predicted octanol–water partition coefficient (Wildman–Crippen LogP) is 9.76. The van der Waals surface area contributed by atoms with E-state index in [1.165, 1.54) is 22.3 Å². The van der Waals surface area contributed by atoms with Gasteiger partial charge in [0, 0.05) is 35.8 Å². The van der Waals surface area contributed by atoms with Crippen molar-refractivity contribution >= 4 is 39.8 Å². The van der Waals surface area contributed by atoms with Crippen LogP contribution >= 0.6 is 0 Å². The molecule has 7 nitrogen and oxygen atoms in total. The number of hydrogen-bond donors (Lipinski definition) is 4. The fourth-order valence-electron chi connectivity index (χ4n) is 5.88. The third kappa shape index (κ3) is 8.13. The molecule has 0 aliphatic rings. The van der Waals surface area contributed by atoms with Crippen molar-refractivity contribution in [1.29, 1.82) is 0 Å². The molecule has 0 fully saturated rings. The minimum absolute atomic E-state index is 0.0522. The Hall–Kier alpha value is -5.79. The van der Waals surface area contributed by atoms with Crippen molar-refractivity contribution in [3.8, 4) is 33.4 Å². The van der Waals surface area contributed by atoms with Crippen LogP contribution in [0.1, 0.15) is 38.5 Å². The normalized spacial score (nSPS) is 10.9. The average Bonchev–Trinajstić information content (AvgIpc) is 3.14. The molecule has 6 aromatic rings. The number of hydroxylamine groups is 1. The lowest BCUT2D eigenvalue weighted by Crippen LogP contribution is -2.17. The number of fused-ring (bicyclic) bond motifs is 1. The summed E-state index contributed by atoms with van der Waals surface area (Å²) < 4.78 is 0. The highest BCUT2D eigenvalue weighted by atomic mass is 16.5. The van der Waals surface area contributed by atoms with E-state index in [9.17, 15) is 9.59 Å². The number of hydrogen-bond acceptors (Lipinski definition) is 5. The zero-order chi connectivity index (χ0) is 33.1. The van der Waals surface area contributed by atoms with Gasteiger partial charge in [0.1, 0.15) is 5.82 Å². The quantitative estimate of drug-likeness (QED) is 0.0575. The third-order valence-electron chi connectivity index (χ3n) is 8.40. The molecule has 0 aliphatic heterocycles. The molecule has 2 amide bonds. The number of pyridine rings is 1. The van der Waals surface area contributed by atoms with Crippen LogP contribution in [0.3, 0.4) is 0 Å². The molecule has 0 atom stereocenters. The van der Waals surface area contributed by atoms with Crippen molar-refractivity contribution < 1.29 is 14.8 Å². The zero-order valence-corrected chi connectivity index (χ0v) is 26.7. The van der Waals surface area contributed by atoms with Crippen molar-refractivity contribution in [1.82, 2.24) is 10.5 Å². The Bertz CT molecular complexity index is 1990. The number of rotatable bonds is 13. The van der Waals surface area contributed by atoms with Crippen LogP contribution in [-0.2, 0) is 9.59 Å². The number of carbonyl (C=O) groups is 2. The Morgan fingerprint density at radius 2 is 1.19 bits per heavy atom. The summed E-state index contributed by atoms with van der Waals surface area (Å²) in [5.74, 6) is 0.275. The summed E-state index contributed by atoms with van der Waals surface area (Å²) in [6.45, 7) is 0. The number of aromatic nitrogens is 1. The van der Waals surface area contributed by atoms with E-state index in [-0.39, 0.29) is 18.2 Å². The molecule has 0 radical (unpaired) electrons. The Kier molecular flexibility index (Phi) is 10.5. The van der Waals surface area contributed by atoms with Gasteiger partial charge < -0.3 is 10.6 Å². The second-order valence-electron chi connectivity index (χ2n) is 11.8. The van der Waals surface area contributed by atoms with Crippen molar-refractivity contribution in [2.24, 2.45) is 0 Å². The summed E-state index contributed by atoms with van der Waals surface area (Å²) in [5.41, 5.74) is 10.3. The Morgan fingerprint density at radius 3 is 1.88 bits per heavy atom. The average molecular weight is 635 g/mol. The van der Waals surface area contributed by atoms with E-state index in [2.05, 4.69) is 107 Å². The summed E-state index contributed by atoms with van der Waals surface area (Å²) in [5, 5.41) is 17.0. The first kappa shape index (κ1) is 32.2. The molecule has 0 unspecified atom stereocenters. The first-order valence-electron chi connectivity index (χ1n) is 16.3. The lowest BCUT2D eigenvalue weighted by atomic mass is 9.91. The fourth-order valence-corrected chi connectivity index (χ4v) is 5.88. The Balaban J connectivity index is 1.14. The van der Waals surface area contributed by atoms with Gasteiger partial charge in [0.25, 0.3) is 0 Å². The number of unbranched alkanes of at least 4 members (excludes halogenated alkanes) is 3. The Labute approximate surface area is 280 Å². The molecule has 4 N–H and O–H groups in total. The molecule has 0 saturated carbocycles. The molecule has 0 saturated heterocycles. The maximum atomic E-state index is 12.6. The van der Waals surface area contributed by atoms with E-state index in [4.69, 9.17) is 5.21 Å². The third-order valence-corrected chi connectivity index (χ3v) is 8.40. The highest BCUT2D eigenvalue weighted by Crippen LogP contribution is 2.36. The highest BCUT2D eigenvalue weighted by molar-refractivity contribution is 5.99. The van der Waals surface area contributed by atoms with Crippen LogP contribution in [-0.4, -0.2) is 22.0 Å². The molecule has 1 aromatic heterocycles. The largest absolute Gasteiger partial charge is 0.340 e. The lowest BCUT2D eigenvalue weighted by Gasteiger charge is -2.14. The molecule has 0 bridgehead atoms. The number of benzene rings is 5. The molecule has 48 heavy (non-hydrogen) atoms. The van der Waals surface area contributed by atoms with Crippen LogP contribution in [0.15, 0.2) is 134 Å². The maximum absolute atomic E-state index is 12.6. The van der Waals surface area contributed by atoms with E-state index in [0.717, 1.165) is 46.8 Å². The molecule has 5 aromatic carbocycles. The van der Waals surface area contributed by atoms with Crippen molar-refractivity contribution in [3.63, 3.8) is 0 Å². The van der Waals surface area contributed by atoms with E-state index < -0.39 is 0 Å². The van der Waals surface area contributed by atoms with Crippen molar-refractivity contribution in [2.45, 2.75) is 38.5 Å². The van der Waals surface area contributed by atoms with Gasteiger partial charge in [0.05, 0.1) is 0 Å². The zero-order valence-electron chi connectivity index (χ0n) is 26.7. The van der Waals surface area contributed by atoms with Crippen LogP contribution < -0.4 is 16.1 Å². The van der Waals surface area contributed by atoms with Crippen molar-refractivity contribution in [2.75, 3.05) is 10.6 Å². The van der Waals surface area contributed by atoms with Gasteiger partial charge in [-0.2, -0.15) is 0 Å². The molecule has 1 heterocycles. The van der Waals surface area contributed by atoms with Crippen LogP contribution in [0.2, 0.25) is 0 Å². The van der Waals surface area contributed by atoms with Gasteiger partial charge in [-0.05, 0) is 88.0 Å². The predicted molar refractivity (Wildman–Crippen MR) is 194 cm³/mol. The van der Waals surface area contributed by atoms with Crippen LogP contribution in [0, 0.1) is 0 Å². The lowest BCUT2D eigenvalue weighted by molar-refractivity contribution is -0.129. The minimum Gasteiger partial charge on any atom is -0.340 e. The SMILES string of the molecule is O=C(CCCCCCC(=O)Nc1ccc2ccnc(Nc3ccc(-c4ccc(-c5ccccc5)c(-c5ccccc5)c4)cc3)c2c1)NO. The molecular formula is C41H38N4O3. The van der Waals surface area contributed by atoms with Crippen LogP contribution in [0.4, 0.5) is 17.2 Å². The molecule has 7 heteroatoms. The molecule has 0 spiro atoms. The monoisotopic (exact) mass is 634 g/mol. The summed E-state index contributed by atoms with van der Waals surface area (Å²) in [4.78, 5) is 28.3. The Morgan fingerprint density at radius 1 is 0.562 bits per heavy atom. The maximum Gasteiger partial charge on any atom is 0.243 e. The van der Waals surface area contributed by atoms with E-state index >= 15 is 0 Å². The smallest absolute Gasteiger partial charge is 0.243 e. The number of nitrogens with one attached hydrogen (secondary N) is 3. The van der Waals surface area contributed by atoms with E-state index in [1.807, 2.05) is 36.4 Å². The summed E-state index contributed by atoms with van der Waals surface area (Å²) in [7, 11) is 0. The van der Waals surface area contributed by atoms with E-state index in [0.29, 0.717) is 24.3 Å². The number of carbonyl (C=O) groups excluding carboxylic acids is 2. The number of nitrogens with zero attached hydrogens (tertiary/aromatic N) is 1. The number of anilines is 3. The van der Waals surface area contributed by atoms with Gasteiger partial charge in [-0.3, -0.25) is 14.8 Å². The standard InChI is InChI=1S/C41H38N4O3/c46-39(15-9-1-2-10-16-40(47)45-48)43-35-23-19-32-25-26-42-41(38(32)28-35)44-34-21-17-29(18-22-34)33-20-24-36(30-11-5-3-6-12-30)37(27-33)31-13-7-4-8-14-31/h3-8,11-14,17-28,48H,1-2,9-10,15-16H2,(H,42,44)(H,43,46)(H,45,47). The van der Waals surface area contributed by atoms with Crippen LogP contribution in [0.25, 0.3) is 44.2 Å². The fraction of sp³-hybridized carbons (Fsp3) is 0.146. The minimum atomic E-state index is -0.382. The second-order valence-corrected chi connectivity index (χ2v) is 11.8. The highest BCUT2D eigenvalue weighted by Gasteiger charge is 2.11. The first-order chi connectivity index (χ1) is 23.6. The molecule has 240 valence electrons. The van der Waals surface area contributed by atoms with Gasteiger partial charge in [-0.25, -0.2) is 10.5 Å².